The van der Waals surface area contributed by atoms with Crippen molar-refractivity contribution in [1.82, 2.24) is 4.98 Å². The lowest BCUT2D eigenvalue weighted by atomic mass is 9.88. The molecule has 3 nitrogen and oxygen atoms in total. The molecule has 0 aliphatic carbocycles. The van der Waals surface area contributed by atoms with Crippen molar-refractivity contribution in [2.75, 3.05) is 0 Å². The predicted octanol–water partition coefficient (Wildman–Crippen LogP) is 2.73. The van der Waals surface area contributed by atoms with Gasteiger partial charge in [-0.05, 0) is 17.0 Å². The Labute approximate surface area is 87.7 Å². The minimum absolute atomic E-state index is 0.0329. The molecule has 14 heavy (non-hydrogen) atoms. The van der Waals surface area contributed by atoms with E-state index in [0.29, 0.717) is 0 Å². The monoisotopic (exact) mass is 213 g/mol. The number of hydrogen-bond acceptors (Lipinski definition) is 2. The highest BCUT2D eigenvalue weighted by molar-refractivity contribution is 6.32. The summed E-state index contributed by atoms with van der Waals surface area (Å²) in [6.45, 7) is 5.97. The lowest BCUT2D eigenvalue weighted by Gasteiger charge is -2.18. The van der Waals surface area contributed by atoms with Crippen molar-refractivity contribution in [2.45, 2.75) is 26.2 Å². The van der Waals surface area contributed by atoms with Gasteiger partial charge in [0.05, 0.1) is 5.56 Å². The SMILES string of the molecule is CC(C)(C)c1cnc(Cl)c(C(=O)O)c1. The lowest BCUT2D eigenvalue weighted by Crippen LogP contribution is -2.13. The van der Waals surface area contributed by atoms with E-state index in [0.717, 1.165) is 5.56 Å². The van der Waals surface area contributed by atoms with Gasteiger partial charge in [0.15, 0.2) is 0 Å². The van der Waals surface area contributed by atoms with Gasteiger partial charge in [-0.2, -0.15) is 0 Å². The summed E-state index contributed by atoms with van der Waals surface area (Å²) in [4.78, 5) is 14.6. The van der Waals surface area contributed by atoms with Crippen molar-refractivity contribution in [3.63, 3.8) is 0 Å². The Balaban J connectivity index is 3.27. The minimum atomic E-state index is -1.05. The Morgan fingerprint density at radius 3 is 2.50 bits per heavy atom. The van der Waals surface area contributed by atoms with Gasteiger partial charge in [0.2, 0.25) is 0 Å². The third-order valence-electron chi connectivity index (χ3n) is 1.94. The summed E-state index contributed by atoms with van der Waals surface area (Å²) >= 11 is 5.65. The van der Waals surface area contributed by atoms with Crippen LogP contribution in [-0.4, -0.2) is 16.1 Å². The summed E-state index contributed by atoms with van der Waals surface area (Å²) in [6, 6.07) is 1.57. The largest absolute Gasteiger partial charge is 0.478 e. The smallest absolute Gasteiger partial charge is 0.338 e. The van der Waals surface area contributed by atoms with Crippen LogP contribution in [0.2, 0.25) is 5.15 Å². The van der Waals surface area contributed by atoms with Crippen molar-refractivity contribution >= 4 is 17.6 Å². The highest BCUT2D eigenvalue weighted by atomic mass is 35.5. The molecule has 0 amide bonds. The van der Waals surface area contributed by atoms with Gasteiger partial charge in [-0.15, -0.1) is 0 Å². The first-order valence-electron chi connectivity index (χ1n) is 4.21. The number of aromatic carboxylic acids is 1. The van der Waals surface area contributed by atoms with Crippen LogP contribution in [0.5, 0.6) is 0 Å². The normalized spacial score (nSPS) is 11.4. The Kier molecular flexibility index (Phi) is 2.81. The molecule has 0 aliphatic rings. The fourth-order valence-electron chi connectivity index (χ4n) is 1.01. The van der Waals surface area contributed by atoms with Gasteiger partial charge in [-0.3, -0.25) is 0 Å². The van der Waals surface area contributed by atoms with E-state index in [1.807, 2.05) is 20.8 Å². The third kappa shape index (κ3) is 2.23. The number of aromatic nitrogens is 1. The maximum Gasteiger partial charge on any atom is 0.338 e. The molecule has 0 saturated carbocycles. The molecule has 1 aromatic heterocycles. The van der Waals surface area contributed by atoms with Crippen LogP contribution in [0.3, 0.4) is 0 Å². The minimum Gasteiger partial charge on any atom is -0.478 e. The predicted molar refractivity (Wildman–Crippen MR) is 54.9 cm³/mol. The lowest BCUT2D eigenvalue weighted by molar-refractivity contribution is 0.0696. The van der Waals surface area contributed by atoms with Gasteiger partial charge in [-0.25, -0.2) is 9.78 Å². The summed E-state index contributed by atoms with van der Waals surface area (Å²) in [7, 11) is 0. The number of rotatable bonds is 1. The average molecular weight is 214 g/mol. The zero-order valence-corrected chi connectivity index (χ0v) is 9.09. The number of halogens is 1. The molecule has 4 heteroatoms. The van der Waals surface area contributed by atoms with Gasteiger partial charge in [0.25, 0.3) is 0 Å². The Morgan fingerprint density at radius 2 is 2.07 bits per heavy atom. The fraction of sp³-hybridized carbons (Fsp3) is 0.400. The van der Waals surface area contributed by atoms with Crippen LogP contribution in [0.1, 0.15) is 36.7 Å². The van der Waals surface area contributed by atoms with E-state index in [4.69, 9.17) is 16.7 Å². The molecule has 0 bridgehead atoms. The van der Waals surface area contributed by atoms with Crippen molar-refractivity contribution in [1.29, 1.82) is 0 Å². The van der Waals surface area contributed by atoms with Crippen molar-refractivity contribution in [2.24, 2.45) is 0 Å². The molecule has 0 fully saturated rings. The number of carboxylic acids is 1. The molecule has 0 spiro atoms. The van der Waals surface area contributed by atoms with Crippen molar-refractivity contribution in [3.05, 3.63) is 28.5 Å². The molecule has 0 aliphatic heterocycles. The highest BCUT2D eigenvalue weighted by Gasteiger charge is 2.18. The summed E-state index contributed by atoms with van der Waals surface area (Å²) in [5.74, 6) is -1.05. The number of hydrogen-bond donors (Lipinski definition) is 1. The molecule has 1 aromatic rings. The Hall–Kier alpha value is -1.09. The summed E-state index contributed by atoms with van der Waals surface area (Å²) in [5.41, 5.74) is 0.792. The molecule has 1 N–H and O–H groups in total. The molecule has 1 rings (SSSR count). The molecule has 0 unspecified atom stereocenters. The second kappa shape index (κ2) is 3.58. The number of pyridine rings is 1. The summed E-state index contributed by atoms with van der Waals surface area (Å²) in [6.07, 6.45) is 1.61. The summed E-state index contributed by atoms with van der Waals surface area (Å²) < 4.78 is 0. The standard InChI is InChI=1S/C10H12ClNO2/c1-10(2,3)6-4-7(9(13)14)8(11)12-5-6/h4-5H,1-3H3,(H,13,14). The molecule has 0 saturated heterocycles. The number of carboxylic acid groups (broad SMARTS) is 1. The number of carbonyl (C=O) groups is 1. The van der Waals surface area contributed by atoms with E-state index < -0.39 is 5.97 Å². The van der Waals surface area contributed by atoms with Crippen molar-refractivity contribution < 1.29 is 9.90 Å². The maximum absolute atomic E-state index is 10.8. The molecule has 0 radical (unpaired) electrons. The van der Waals surface area contributed by atoms with E-state index in [1.165, 1.54) is 0 Å². The highest BCUT2D eigenvalue weighted by Crippen LogP contribution is 2.24. The molecular weight excluding hydrogens is 202 g/mol. The van der Waals surface area contributed by atoms with Gasteiger partial charge < -0.3 is 5.11 Å². The topological polar surface area (TPSA) is 50.2 Å². The van der Waals surface area contributed by atoms with E-state index in [2.05, 4.69) is 4.98 Å². The van der Waals surface area contributed by atoms with Gasteiger partial charge in [0.1, 0.15) is 5.15 Å². The van der Waals surface area contributed by atoms with E-state index in [1.54, 1.807) is 12.3 Å². The quantitative estimate of drug-likeness (QED) is 0.730. The van der Waals surface area contributed by atoms with Crippen LogP contribution < -0.4 is 0 Å². The first kappa shape index (κ1) is 11.0. The first-order chi connectivity index (χ1) is 6.32. The maximum atomic E-state index is 10.8. The average Bonchev–Trinajstić information content (AvgIpc) is 2.02. The third-order valence-corrected chi connectivity index (χ3v) is 2.24. The van der Waals surface area contributed by atoms with Gasteiger partial charge >= 0.3 is 5.97 Å². The van der Waals surface area contributed by atoms with Crippen LogP contribution in [0.25, 0.3) is 0 Å². The van der Waals surface area contributed by atoms with Crippen LogP contribution in [0, 0.1) is 0 Å². The van der Waals surface area contributed by atoms with Crippen LogP contribution >= 0.6 is 11.6 Å². The fourth-order valence-corrected chi connectivity index (χ4v) is 1.19. The van der Waals surface area contributed by atoms with Gasteiger partial charge in [-0.1, -0.05) is 32.4 Å². The van der Waals surface area contributed by atoms with E-state index in [9.17, 15) is 4.79 Å². The number of nitrogens with zero attached hydrogens (tertiary/aromatic N) is 1. The molecular formula is C10H12ClNO2. The zero-order chi connectivity index (χ0) is 10.9. The molecule has 1 heterocycles. The second-order valence-electron chi connectivity index (χ2n) is 4.12. The first-order valence-corrected chi connectivity index (χ1v) is 4.59. The second-order valence-corrected chi connectivity index (χ2v) is 4.48. The van der Waals surface area contributed by atoms with E-state index >= 15 is 0 Å². The van der Waals surface area contributed by atoms with Crippen LogP contribution in [-0.2, 0) is 5.41 Å². The molecule has 76 valence electrons. The summed E-state index contributed by atoms with van der Waals surface area (Å²) in [5, 5.41) is 8.86. The Bertz CT molecular complexity index is 369. The van der Waals surface area contributed by atoms with E-state index in [-0.39, 0.29) is 16.1 Å². The molecule has 0 aromatic carbocycles. The van der Waals surface area contributed by atoms with Crippen molar-refractivity contribution in [3.8, 4) is 0 Å². The Morgan fingerprint density at radius 1 is 1.50 bits per heavy atom. The van der Waals surface area contributed by atoms with Crippen LogP contribution in [0.15, 0.2) is 12.3 Å². The zero-order valence-electron chi connectivity index (χ0n) is 8.34. The molecule has 0 atom stereocenters. The van der Waals surface area contributed by atoms with Gasteiger partial charge in [0, 0.05) is 6.20 Å². The van der Waals surface area contributed by atoms with Crippen LogP contribution in [0.4, 0.5) is 0 Å².